The lowest BCUT2D eigenvalue weighted by Crippen LogP contribution is -2.26. The van der Waals surface area contributed by atoms with E-state index >= 15 is 0 Å². The molecule has 0 aliphatic rings. The number of benzene rings is 1. The molecule has 0 saturated heterocycles. The molecule has 1 rings (SSSR count). The molecule has 120 valence electrons. The van der Waals surface area contributed by atoms with E-state index in [2.05, 4.69) is 11.6 Å². The van der Waals surface area contributed by atoms with Gasteiger partial charge in [-0.2, -0.15) is 0 Å². The summed E-state index contributed by atoms with van der Waals surface area (Å²) in [5.41, 5.74) is 7.69. The molecule has 4 nitrogen and oxygen atoms in total. The molecule has 5 heteroatoms. The summed E-state index contributed by atoms with van der Waals surface area (Å²) in [7, 11) is -3.47. The minimum Gasteiger partial charge on any atom is -0.398 e. The van der Waals surface area contributed by atoms with E-state index < -0.39 is 10.0 Å². The Labute approximate surface area is 129 Å². The summed E-state index contributed by atoms with van der Waals surface area (Å²) in [6.45, 7) is 6.22. The minimum absolute atomic E-state index is 0.327. The lowest BCUT2D eigenvalue weighted by Gasteiger charge is -2.13. The molecule has 0 aromatic heterocycles. The smallest absolute Gasteiger partial charge is 0.241 e. The number of hydrogen-bond donors (Lipinski definition) is 2. The zero-order valence-corrected chi connectivity index (χ0v) is 14.2. The first-order chi connectivity index (χ1) is 9.90. The minimum atomic E-state index is -3.47. The SMILES string of the molecule is CCCCCCCCNS(=O)(=O)c1c(C)ccc(N)c1C. The third-order valence-corrected chi connectivity index (χ3v) is 5.49. The van der Waals surface area contributed by atoms with Crippen molar-refractivity contribution in [2.45, 2.75) is 64.2 Å². The summed E-state index contributed by atoms with van der Waals surface area (Å²) in [6.07, 6.45) is 6.83. The van der Waals surface area contributed by atoms with E-state index in [4.69, 9.17) is 5.73 Å². The monoisotopic (exact) mass is 312 g/mol. The van der Waals surface area contributed by atoms with Gasteiger partial charge in [0, 0.05) is 12.2 Å². The average Bonchev–Trinajstić information content (AvgIpc) is 2.42. The van der Waals surface area contributed by atoms with Crippen molar-refractivity contribution in [3.8, 4) is 0 Å². The molecule has 0 atom stereocenters. The number of anilines is 1. The van der Waals surface area contributed by atoms with E-state index in [9.17, 15) is 8.42 Å². The van der Waals surface area contributed by atoms with Crippen LogP contribution in [0.5, 0.6) is 0 Å². The second-order valence-electron chi connectivity index (χ2n) is 5.59. The van der Waals surface area contributed by atoms with Crippen molar-refractivity contribution in [2.75, 3.05) is 12.3 Å². The molecule has 0 saturated carbocycles. The van der Waals surface area contributed by atoms with Gasteiger partial charge in [0.25, 0.3) is 0 Å². The van der Waals surface area contributed by atoms with Crippen LogP contribution in [0.25, 0.3) is 0 Å². The quantitative estimate of drug-likeness (QED) is 0.541. The standard InChI is InChI=1S/C16H28N2O2S/c1-4-5-6-7-8-9-12-18-21(19,20)16-13(2)10-11-15(17)14(16)3/h10-11,18H,4-9,12,17H2,1-3H3. The number of sulfonamides is 1. The van der Waals surface area contributed by atoms with Crippen LogP contribution in [0.2, 0.25) is 0 Å². The van der Waals surface area contributed by atoms with Gasteiger partial charge >= 0.3 is 0 Å². The first-order valence-corrected chi connectivity index (χ1v) is 9.23. The number of nitrogens with one attached hydrogen (secondary N) is 1. The number of rotatable bonds is 9. The van der Waals surface area contributed by atoms with Crippen molar-refractivity contribution >= 4 is 15.7 Å². The van der Waals surface area contributed by atoms with Crippen molar-refractivity contribution in [2.24, 2.45) is 0 Å². The van der Waals surface area contributed by atoms with Crippen molar-refractivity contribution < 1.29 is 8.42 Å². The van der Waals surface area contributed by atoms with Gasteiger partial charge in [0.05, 0.1) is 4.90 Å². The maximum atomic E-state index is 12.4. The molecule has 0 radical (unpaired) electrons. The van der Waals surface area contributed by atoms with Crippen LogP contribution in [-0.4, -0.2) is 15.0 Å². The largest absolute Gasteiger partial charge is 0.398 e. The van der Waals surface area contributed by atoms with Crippen LogP contribution >= 0.6 is 0 Å². The van der Waals surface area contributed by atoms with Crippen LogP contribution in [0.4, 0.5) is 5.69 Å². The highest BCUT2D eigenvalue weighted by Crippen LogP contribution is 2.24. The van der Waals surface area contributed by atoms with Crippen LogP contribution in [0.1, 0.15) is 56.6 Å². The van der Waals surface area contributed by atoms with E-state index in [1.807, 2.05) is 0 Å². The van der Waals surface area contributed by atoms with Crippen molar-refractivity contribution in [3.63, 3.8) is 0 Å². The van der Waals surface area contributed by atoms with Crippen LogP contribution in [-0.2, 0) is 10.0 Å². The van der Waals surface area contributed by atoms with E-state index in [1.165, 1.54) is 25.7 Å². The molecule has 21 heavy (non-hydrogen) atoms. The normalized spacial score (nSPS) is 11.8. The molecule has 0 unspecified atom stereocenters. The van der Waals surface area contributed by atoms with Crippen molar-refractivity contribution in [1.82, 2.24) is 4.72 Å². The predicted molar refractivity (Wildman–Crippen MR) is 88.9 cm³/mol. The molecule has 0 fully saturated rings. The highest BCUT2D eigenvalue weighted by Gasteiger charge is 2.20. The molecular formula is C16H28N2O2S. The fourth-order valence-corrected chi connectivity index (χ4v) is 4.01. The molecule has 0 bridgehead atoms. The van der Waals surface area contributed by atoms with E-state index in [1.54, 1.807) is 26.0 Å². The van der Waals surface area contributed by atoms with Gasteiger partial charge in [-0.1, -0.05) is 45.1 Å². The fourth-order valence-electron chi connectivity index (χ4n) is 2.44. The van der Waals surface area contributed by atoms with Gasteiger partial charge in [-0.15, -0.1) is 0 Å². The Morgan fingerprint density at radius 2 is 1.67 bits per heavy atom. The molecule has 1 aromatic carbocycles. The third kappa shape index (κ3) is 5.32. The highest BCUT2D eigenvalue weighted by molar-refractivity contribution is 7.89. The zero-order valence-electron chi connectivity index (χ0n) is 13.4. The lowest BCUT2D eigenvalue weighted by atomic mass is 10.1. The Balaban J connectivity index is 2.57. The van der Waals surface area contributed by atoms with Gasteiger partial charge in [0.15, 0.2) is 0 Å². The predicted octanol–water partition coefficient (Wildman–Crippen LogP) is 3.52. The lowest BCUT2D eigenvalue weighted by molar-refractivity contribution is 0.566. The zero-order chi connectivity index (χ0) is 15.9. The number of nitrogens with two attached hydrogens (primary N) is 1. The topological polar surface area (TPSA) is 72.2 Å². The molecule has 0 aliphatic heterocycles. The second-order valence-corrected chi connectivity index (χ2v) is 7.30. The van der Waals surface area contributed by atoms with E-state index in [-0.39, 0.29) is 0 Å². The number of unbranched alkanes of at least 4 members (excludes halogenated alkanes) is 5. The van der Waals surface area contributed by atoms with Gasteiger partial charge in [0.1, 0.15) is 0 Å². The van der Waals surface area contributed by atoms with Crippen molar-refractivity contribution in [3.05, 3.63) is 23.3 Å². The third-order valence-electron chi connectivity index (χ3n) is 3.74. The molecule has 1 aromatic rings. The molecule has 0 amide bonds. The summed E-state index contributed by atoms with van der Waals surface area (Å²) in [4.78, 5) is 0.327. The summed E-state index contributed by atoms with van der Waals surface area (Å²) < 4.78 is 27.5. The molecule has 0 spiro atoms. The van der Waals surface area contributed by atoms with Gasteiger partial charge in [-0.05, 0) is 37.5 Å². The number of aryl methyl sites for hydroxylation is 1. The molecule has 3 N–H and O–H groups in total. The number of hydrogen-bond acceptors (Lipinski definition) is 3. The van der Waals surface area contributed by atoms with E-state index in [0.29, 0.717) is 22.7 Å². The Morgan fingerprint density at radius 3 is 2.33 bits per heavy atom. The Bertz CT molecular complexity index is 554. The maximum Gasteiger partial charge on any atom is 0.241 e. The Hall–Kier alpha value is -1.07. The second kappa shape index (κ2) is 8.39. The highest BCUT2D eigenvalue weighted by atomic mass is 32.2. The molecule has 0 aliphatic carbocycles. The fraction of sp³-hybridized carbons (Fsp3) is 0.625. The van der Waals surface area contributed by atoms with Gasteiger partial charge < -0.3 is 5.73 Å². The summed E-state index contributed by atoms with van der Waals surface area (Å²) in [5, 5.41) is 0. The molecule has 0 heterocycles. The average molecular weight is 312 g/mol. The van der Waals surface area contributed by atoms with E-state index in [0.717, 1.165) is 18.4 Å². The Kier molecular flexibility index (Phi) is 7.18. The summed E-state index contributed by atoms with van der Waals surface area (Å²) in [6, 6.07) is 3.50. The summed E-state index contributed by atoms with van der Waals surface area (Å²) >= 11 is 0. The van der Waals surface area contributed by atoms with Crippen molar-refractivity contribution in [1.29, 1.82) is 0 Å². The first-order valence-electron chi connectivity index (χ1n) is 7.75. The van der Waals surface area contributed by atoms with Gasteiger partial charge in [-0.3, -0.25) is 0 Å². The maximum absolute atomic E-state index is 12.4. The Morgan fingerprint density at radius 1 is 1.05 bits per heavy atom. The van der Waals surface area contributed by atoms with Crippen LogP contribution in [0.3, 0.4) is 0 Å². The summed E-state index contributed by atoms with van der Waals surface area (Å²) in [5.74, 6) is 0. The van der Waals surface area contributed by atoms with Crippen LogP contribution < -0.4 is 10.5 Å². The van der Waals surface area contributed by atoms with Crippen LogP contribution in [0.15, 0.2) is 17.0 Å². The van der Waals surface area contributed by atoms with Gasteiger partial charge in [-0.25, -0.2) is 13.1 Å². The number of nitrogen functional groups attached to an aromatic ring is 1. The van der Waals surface area contributed by atoms with Gasteiger partial charge in [0.2, 0.25) is 10.0 Å². The molecular weight excluding hydrogens is 284 g/mol. The first kappa shape index (κ1) is 18.0. The van der Waals surface area contributed by atoms with Crippen LogP contribution in [0, 0.1) is 13.8 Å².